The normalized spacial score (nSPS) is 11.0. The van der Waals surface area contributed by atoms with Gasteiger partial charge in [-0.25, -0.2) is 0 Å². The van der Waals surface area contributed by atoms with Gasteiger partial charge in [0.25, 0.3) is 0 Å². The number of likely N-dealkylation sites (N-methyl/N-ethyl adjacent to an activating group) is 1. The van der Waals surface area contributed by atoms with E-state index in [1.165, 1.54) is 11.0 Å². The van der Waals surface area contributed by atoms with Crippen LogP contribution in [0.3, 0.4) is 0 Å². The van der Waals surface area contributed by atoms with Crippen LogP contribution in [0.25, 0.3) is 17.5 Å². The van der Waals surface area contributed by atoms with Crippen molar-refractivity contribution < 1.29 is 9.32 Å². The molecule has 0 aliphatic rings. The zero-order chi connectivity index (χ0) is 17.6. The van der Waals surface area contributed by atoms with Gasteiger partial charge >= 0.3 is 0 Å². The first-order valence-corrected chi connectivity index (χ1v) is 8.07. The maximum absolute atomic E-state index is 12.2. The molecular weight excluding hydrogens is 338 g/mol. The number of benzene rings is 2. The molecule has 1 heterocycles. The summed E-state index contributed by atoms with van der Waals surface area (Å²) in [6, 6.07) is 16.9. The van der Waals surface area contributed by atoms with Crippen LogP contribution in [-0.2, 0) is 11.3 Å². The number of halogens is 1. The van der Waals surface area contributed by atoms with Crippen LogP contribution < -0.4 is 0 Å². The molecule has 0 bridgehead atoms. The highest BCUT2D eigenvalue weighted by molar-refractivity contribution is 6.33. The lowest BCUT2D eigenvalue weighted by atomic mass is 10.2. The second-order valence-electron chi connectivity index (χ2n) is 5.43. The van der Waals surface area contributed by atoms with Crippen LogP contribution in [0, 0.1) is 0 Å². The van der Waals surface area contributed by atoms with Crippen molar-refractivity contribution in [3.63, 3.8) is 0 Å². The Morgan fingerprint density at radius 1 is 1.16 bits per heavy atom. The minimum absolute atomic E-state index is 0.152. The number of nitrogens with zero attached hydrogens (tertiary/aromatic N) is 3. The number of carbonyl (C=O) groups is 1. The number of amides is 1. The summed E-state index contributed by atoms with van der Waals surface area (Å²) in [5.74, 6) is 0.599. The molecule has 0 saturated heterocycles. The van der Waals surface area contributed by atoms with Crippen LogP contribution in [0.4, 0.5) is 0 Å². The molecule has 25 heavy (non-hydrogen) atoms. The van der Waals surface area contributed by atoms with Crippen molar-refractivity contribution in [1.29, 1.82) is 0 Å². The van der Waals surface area contributed by atoms with Gasteiger partial charge in [0.2, 0.25) is 17.6 Å². The highest BCUT2D eigenvalue weighted by atomic mass is 35.5. The van der Waals surface area contributed by atoms with Crippen LogP contribution >= 0.6 is 11.6 Å². The van der Waals surface area contributed by atoms with Crippen molar-refractivity contribution in [3.05, 3.63) is 77.2 Å². The quantitative estimate of drug-likeness (QED) is 0.649. The Balaban J connectivity index is 1.65. The van der Waals surface area contributed by atoms with Gasteiger partial charge in [-0.1, -0.05) is 59.2 Å². The van der Waals surface area contributed by atoms with E-state index in [4.69, 9.17) is 16.1 Å². The molecule has 3 aromatic rings. The summed E-state index contributed by atoms with van der Waals surface area (Å²) >= 11 is 6.13. The highest BCUT2D eigenvalue weighted by Crippen LogP contribution is 2.25. The molecule has 126 valence electrons. The topological polar surface area (TPSA) is 59.2 Å². The van der Waals surface area contributed by atoms with E-state index in [-0.39, 0.29) is 12.5 Å². The third kappa shape index (κ3) is 4.33. The van der Waals surface area contributed by atoms with Gasteiger partial charge in [0.05, 0.1) is 11.6 Å². The predicted octanol–water partition coefficient (Wildman–Crippen LogP) is 4.06. The Morgan fingerprint density at radius 2 is 1.88 bits per heavy atom. The number of hydrogen-bond donors (Lipinski definition) is 0. The lowest BCUT2D eigenvalue weighted by molar-refractivity contribution is -0.125. The molecule has 1 amide bonds. The Kier molecular flexibility index (Phi) is 5.26. The van der Waals surface area contributed by atoms with Crippen molar-refractivity contribution in [2.45, 2.75) is 6.54 Å². The molecule has 0 atom stereocenters. The fourth-order valence-electron chi connectivity index (χ4n) is 2.21. The van der Waals surface area contributed by atoms with Crippen LogP contribution in [0.15, 0.2) is 65.2 Å². The molecule has 1 aromatic heterocycles. The molecular formula is C19H16ClN3O2. The van der Waals surface area contributed by atoms with Gasteiger partial charge in [-0.15, -0.1) is 0 Å². The van der Waals surface area contributed by atoms with E-state index in [2.05, 4.69) is 10.1 Å². The molecule has 2 aromatic carbocycles. The van der Waals surface area contributed by atoms with E-state index in [0.29, 0.717) is 22.3 Å². The zero-order valence-electron chi connectivity index (χ0n) is 13.6. The molecule has 6 heteroatoms. The number of carbonyl (C=O) groups excluding carboxylic acids is 1. The van der Waals surface area contributed by atoms with Gasteiger partial charge in [0.1, 0.15) is 0 Å². The summed E-state index contributed by atoms with van der Waals surface area (Å²) in [6.45, 7) is 0.218. The smallest absolute Gasteiger partial charge is 0.246 e. The van der Waals surface area contributed by atoms with Crippen LogP contribution in [0.1, 0.15) is 11.5 Å². The largest absolute Gasteiger partial charge is 0.337 e. The van der Waals surface area contributed by atoms with E-state index >= 15 is 0 Å². The third-order valence-corrected chi connectivity index (χ3v) is 3.88. The average molecular weight is 354 g/mol. The van der Waals surface area contributed by atoms with Crippen molar-refractivity contribution in [3.8, 4) is 11.4 Å². The van der Waals surface area contributed by atoms with Crippen molar-refractivity contribution in [2.75, 3.05) is 7.05 Å². The van der Waals surface area contributed by atoms with Gasteiger partial charge in [0.15, 0.2) is 0 Å². The lowest BCUT2D eigenvalue weighted by Crippen LogP contribution is -2.24. The minimum atomic E-state index is -0.152. The third-order valence-electron chi connectivity index (χ3n) is 3.55. The minimum Gasteiger partial charge on any atom is -0.337 e. The Morgan fingerprint density at radius 3 is 2.64 bits per heavy atom. The predicted molar refractivity (Wildman–Crippen MR) is 96.7 cm³/mol. The van der Waals surface area contributed by atoms with Gasteiger partial charge in [-0.3, -0.25) is 4.79 Å². The molecule has 0 radical (unpaired) electrons. The van der Waals surface area contributed by atoms with E-state index in [1.807, 2.05) is 48.5 Å². The van der Waals surface area contributed by atoms with Gasteiger partial charge in [0, 0.05) is 18.7 Å². The number of aromatic nitrogens is 2. The molecule has 0 N–H and O–H groups in total. The molecule has 0 aliphatic carbocycles. The van der Waals surface area contributed by atoms with E-state index in [1.54, 1.807) is 19.2 Å². The standard InChI is InChI=1S/C19H16ClN3O2/c1-23(18(24)12-11-14-7-3-2-4-8-14)13-17-21-19(22-25-17)15-9-5-6-10-16(15)20/h2-12H,13H2,1H3/b12-11+. The highest BCUT2D eigenvalue weighted by Gasteiger charge is 2.14. The van der Waals surface area contributed by atoms with Gasteiger partial charge in [-0.2, -0.15) is 4.98 Å². The summed E-state index contributed by atoms with van der Waals surface area (Å²) in [5, 5.41) is 4.47. The van der Waals surface area contributed by atoms with Crippen molar-refractivity contribution in [2.24, 2.45) is 0 Å². The fourth-order valence-corrected chi connectivity index (χ4v) is 2.43. The van der Waals surface area contributed by atoms with E-state index in [0.717, 1.165) is 5.56 Å². The van der Waals surface area contributed by atoms with Crippen LogP contribution in [-0.4, -0.2) is 28.0 Å². The van der Waals surface area contributed by atoms with Crippen LogP contribution in [0.5, 0.6) is 0 Å². The second-order valence-corrected chi connectivity index (χ2v) is 5.84. The summed E-state index contributed by atoms with van der Waals surface area (Å²) < 4.78 is 5.22. The molecule has 0 saturated carbocycles. The van der Waals surface area contributed by atoms with E-state index < -0.39 is 0 Å². The number of hydrogen-bond acceptors (Lipinski definition) is 4. The first-order chi connectivity index (χ1) is 12.1. The maximum Gasteiger partial charge on any atom is 0.246 e. The van der Waals surface area contributed by atoms with Crippen molar-refractivity contribution >= 4 is 23.6 Å². The maximum atomic E-state index is 12.2. The summed E-state index contributed by atoms with van der Waals surface area (Å²) in [6.07, 6.45) is 3.28. The Bertz CT molecular complexity index is 890. The summed E-state index contributed by atoms with van der Waals surface area (Å²) in [7, 11) is 1.68. The summed E-state index contributed by atoms with van der Waals surface area (Å²) in [5.41, 5.74) is 1.65. The molecule has 3 rings (SSSR count). The average Bonchev–Trinajstić information content (AvgIpc) is 3.09. The first kappa shape index (κ1) is 16.9. The fraction of sp³-hybridized carbons (Fsp3) is 0.105. The van der Waals surface area contributed by atoms with Gasteiger partial charge in [-0.05, 0) is 23.8 Å². The second kappa shape index (κ2) is 7.77. The lowest BCUT2D eigenvalue weighted by Gasteiger charge is -2.11. The van der Waals surface area contributed by atoms with Crippen LogP contribution in [0.2, 0.25) is 5.02 Å². The Hall–Kier alpha value is -2.92. The van der Waals surface area contributed by atoms with Gasteiger partial charge < -0.3 is 9.42 Å². The molecule has 0 unspecified atom stereocenters. The molecule has 5 nitrogen and oxygen atoms in total. The molecule has 0 aliphatic heterocycles. The first-order valence-electron chi connectivity index (χ1n) is 7.69. The van der Waals surface area contributed by atoms with Crippen molar-refractivity contribution in [1.82, 2.24) is 15.0 Å². The molecule has 0 spiro atoms. The molecule has 0 fully saturated rings. The monoisotopic (exact) mass is 353 g/mol. The number of rotatable bonds is 5. The zero-order valence-corrected chi connectivity index (χ0v) is 14.3. The van der Waals surface area contributed by atoms with E-state index in [9.17, 15) is 4.79 Å². The SMILES string of the molecule is CN(Cc1nc(-c2ccccc2Cl)no1)C(=O)/C=C/c1ccccc1. The summed E-state index contributed by atoms with van der Waals surface area (Å²) in [4.78, 5) is 18.0. The Labute approximate surface area is 150 Å².